The summed E-state index contributed by atoms with van der Waals surface area (Å²) in [4.78, 5) is 4.51. The molecule has 0 radical (unpaired) electrons. The highest BCUT2D eigenvalue weighted by Gasteiger charge is 2.10. The first-order valence-electron chi connectivity index (χ1n) is 7.00. The van der Waals surface area contributed by atoms with Crippen molar-refractivity contribution in [2.24, 2.45) is 0 Å². The van der Waals surface area contributed by atoms with Gasteiger partial charge in [-0.1, -0.05) is 26.3 Å². The van der Waals surface area contributed by atoms with Crippen molar-refractivity contribution < 1.29 is 4.39 Å². The second-order valence-corrected chi connectivity index (χ2v) is 4.93. The van der Waals surface area contributed by atoms with E-state index in [0.29, 0.717) is 5.52 Å². The van der Waals surface area contributed by atoms with Gasteiger partial charge in [-0.05, 0) is 43.0 Å². The predicted molar refractivity (Wildman–Crippen MR) is 79.2 cm³/mol. The van der Waals surface area contributed by atoms with Crippen LogP contribution in [0.5, 0.6) is 0 Å². The highest BCUT2D eigenvalue weighted by molar-refractivity contribution is 5.85. The summed E-state index contributed by atoms with van der Waals surface area (Å²) < 4.78 is 13.9. The van der Waals surface area contributed by atoms with Gasteiger partial charge in [0.2, 0.25) is 0 Å². The van der Waals surface area contributed by atoms with Gasteiger partial charge in [0.05, 0.1) is 0 Å². The van der Waals surface area contributed by atoms with E-state index in [0.717, 1.165) is 42.6 Å². The molecule has 0 aliphatic heterocycles. The van der Waals surface area contributed by atoms with Crippen LogP contribution in [0.2, 0.25) is 0 Å². The summed E-state index contributed by atoms with van der Waals surface area (Å²) in [5.41, 5.74) is 2.72. The third kappa shape index (κ3) is 2.86. The molecule has 0 aliphatic rings. The van der Waals surface area contributed by atoms with Crippen LogP contribution in [0.15, 0.2) is 18.2 Å². The number of hydrogen-bond acceptors (Lipinski definition) is 2. The molecule has 0 aliphatic carbocycles. The van der Waals surface area contributed by atoms with Crippen molar-refractivity contribution >= 4 is 16.7 Å². The maximum atomic E-state index is 13.9. The van der Waals surface area contributed by atoms with Gasteiger partial charge in [0.25, 0.3) is 0 Å². The number of nitrogens with one attached hydrogen (secondary N) is 1. The molecule has 0 unspecified atom stereocenters. The van der Waals surface area contributed by atoms with Gasteiger partial charge < -0.3 is 5.32 Å². The van der Waals surface area contributed by atoms with Gasteiger partial charge in [0.1, 0.15) is 17.2 Å². The second kappa shape index (κ2) is 6.00. The third-order valence-electron chi connectivity index (χ3n) is 3.29. The molecule has 3 heteroatoms. The Morgan fingerprint density at radius 2 is 2.00 bits per heavy atom. The first kappa shape index (κ1) is 13.8. The highest BCUT2D eigenvalue weighted by Crippen LogP contribution is 2.26. The SMILES string of the molecule is CCCNc1nc2c(F)ccc(C)c2cc1CCC. The zero-order valence-corrected chi connectivity index (χ0v) is 11.9. The lowest BCUT2D eigenvalue weighted by atomic mass is 10.0. The molecule has 2 rings (SSSR count). The van der Waals surface area contributed by atoms with Gasteiger partial charge in [0, 0.05) is 11.9 Å². The van der Waals surface area contributed by atoms with Crippen molar-refractivity contribution in [3.63, 3.8) is 0 Å². The van der Waals surface area contributed by atoms with Crippen LogP contribution in [0.4, 0.5) is 10.2 Å². The number of hydrogen-bond donors (Lipinski definition) is 1. The topological polar surface area (TPSA) is 24.9 Å². The minimum absolute atomic E-state index is 0.247. The molecule has 1 heterocycles. The number of aryl methyl sites for hydroxylation is 2. The van der Waals surface area contributed by atoms with E-state index >= 15 is 0 Å². The number of fused-ring (bicyclic) bond motifs is 1. The molecule has 2 nitrogen and oxygen atoms in total. The smallest absolute Gasteiger partial charge is 0.149 e. The lowest BCUT2D eigenvalue weighted by molar-refractivity contribution is 0.636. The third-order valence-corrected chi connectivity index (χ3v) is 3.29. The molecule has 19 heavy (non-hydrogen) atoms. The average molecular weight is 260 g/mol. The number of rotatable bonds is 5. The molecular weight excluding hydrogens is 239 g/mol. The Hall–Kier alpha value is -1.64. The molecule has 0 bridgehead atoms. The van der Waals surface area contributed by atoms with Crippen LogP contribution in [0.25, 0.3) is 10.9 Å². The Kier molecular flexibility index (Phi) is 4.35. The van der Waals surface area contributed by atoms with Crippen LogP contribution < -0.4 is 5.32 Å². The van der Waals surface area contributed by atoms with E-state index in [1.165, 1.54) is 11.6 Å². The summed E-state index contributed by atoms with van der Waals surface area (Å²) in [5.74, 6) is 0.587. The number of anilines is 1. The monoisotopic (exact) mass is 260 g/mol. The van der Waals surface area contributed by atoms with Crippen LogP contribution in [0.3, 0.4) is 0 Å². The van der Waals surface area contributed by atoms with Crippen molar-refractivity contribution in [2.45, 2.75) is 40.0 Å². The highest BCUT2D eigenvalue weighted by atomic mass is 19.1. The fourth-order valence-corrected chi connectivity index (χ4v) is 2.26. The molecule has 1 aromatic carbocycles. The van der Waals surface area contributed by atoms with Gasteiger partial charge in [-0.15, -0.1) is 0 Å². The van der Waals surface area contributed by atoms with Crippen LogP contribution in [0, 0.1) is 12.7 Å². The minimum atomic E-state index is -0.247. The zero-order valence-electron chi connectivity index (χ0n) is 11.9. The van der Waals surface area contributed by atoms with Crippen LogP contribution in [-0.2, 0) is 6.42 Å². The van der Waals surface area contributed by atoms with E-state index in [-0.39, 0.29) is 5.82 Å². The summed E-state index contributed by atoms with van der Waals surface area (Å²) in [5, 5.41) is 4.23. The van der Waals surface area contributed by atoms with Gasteiger partial charge in [-0.2, -0.15) is 0 Å². The molecule has 2 aromatic rings. The Labute approximate surface area is 114 Å². The molecule has 0 saturated carbocycles. The predicted octanol–water partition coefficient (Wildman–Crippen LogP) is 4.46. The molecule has 1 N–H and O–H groups in total. The fourth-order valence-electron chi connectivity index (χ4n) is 2.26. The van der Waals surface area contributed by atoms with Crippen molar-refractivity contribution in [1.82, 2.24) is 4.98 Å². The molecule has 102 valence electrons. The Balaban J connectivity index is 2.58. The summed E-state index contributed by atoms with van der Waals surface area (Å²) in [7, 11) is 0. The summed E-state index contributed by atoms with van der Waals surface area (Å²) in [6.07, 6.45) is 3.05. The van der Waals surface area contributed by atoms with Crippen molar-refractivity contribution in [3.8, 4) is 0 Å². The minimum Gasteiger partial charge on any atom is -0.370 e. The second-order valence-electron chi connectivity index (χ2n) is 4.93. The number of benzene rings is 1. The van der Waals surface area contributed by atoms with Gasteiger partial charge >= 0.3 is 0 Å². The Morgan fingerprint density at radius 3 is 2.68 bits per heavy atom. The maximum absolute atomic E-state index is 13.9. The number of halogens is 1. The first-order valence-corrected chi connectivity index (χ1v) is 7.00. The van der Waals surface area contributed by atoms with E-state index in [9.17, 15) is 4.39 Å². The van der Waals surface area contributed by atoms with E-state index in [4.69, 9.17) is 0 Å². The van der Waals surface area contributed by atoms with Gasteiger partial charge in [-0.3, -0.25) is 0 Å². The maximum Gasteiger partial charge on any atom is 0.149 e. The number of aromatic nitrogens is 1. The van der Waals surface area contributed by atoms with Gasteiger partial charge in [-0.25, -0.2) is 9.37 Å². The summed E-state index contributed by atoms with van der Waals surface area (Å²) >= 11 is 0. The van der Waals surface area contributed by atoms with Crippen LogP contribution in [0.1, 0.15) is 37.8 Å². The van der Waals surface area contributed by atoms with Crippen molar-refractivity contribution in [1.29, 1.82) is 0 Å². The number of pyridine rings is 1. The van der Waals surface area contributed by atoms with Crippen LogP contribution >= 0.6 is 0 Å². The molecule has 1 aromatic heterocycles. The lowest BCUT2D eigenvalue weighted by Gasteiger charge is -2.13. The Morgan fingerprint density at radius 1 is 1.21 bits per heavy atom. The molecule has 0 atom stereocenters. The zero-order chi connectivity index (χ0) is 13.8. The molecular formula is C16H21FN2. The number of nitrogens with zero attached hydrogens (tertiary/aromatic N) is 1. The van der Waals surface area contributed by atoms with E-state index in [1.807, 2.05) is 13.0 Å². The normalized spacial score (nSPS) is 10.9. The summed E-state index contributed by atoms with van der Waals surface area (Å²) in [6, 6.07) is 5.39. The fraction of sp³-hybridized carbons (Fsp3) is 0.438. The van der Waals surface area contributed by atoms with E-state index < -0.39 is 0 Å². The van der Waals surface area contributed by atoms with Crippen molar-refractivity contribution in [3.05, 3.63) is 35.1 Å². The first-order chi connectivity index (χ1) is 9.17. The van der Waals surface area contributed by atoms with Crippen molar-refractivity contribution in [2.75, 3.05) is 11.9 Å². The standard InChI is InChI=1S/C16H21FN2/c1-4-6-12-10-13-11(3)7-8-14(17)15(13)19-16(12)18-9-5-2/h7-8,10H,4-6,9H2,1-3H3,(H,18,19). The van der Waals surface area contributed by atoms with E-state index in [1.54, 1.807) is 0 Å². The summed E-state index contributed by atoms with van der Waals surface area (Å²) in [6.45, 7) is 7.12. The quantitative estimate of drug-likeness (QED) is 0.858. The molecule has 0 amide bonds. The molecule has 0 spiro atoms. The van der Waals surface area contributed by atoms with E-state index in [2.05, 4.69) is 30.2 Å². The molecule has 0 saturated heterocycles. The largest absolute Gasteiger partial charge is 0.370 e. The molecule has 0 fully saturated rings. The average Bonchev–Trinajstić information content (AvgIpc) is 2.41. The van der Waals surface area contributed by atoms with Crippen LogP contribution in [-0.4, -0.2) is 11.5 Å². The lowest BCUT2D eigenvalue weighted by Crippen LogP contribution is -2.06. The van der Waals surface area contributed by atoms with Gasteiger partial charge in [0.15, 0.2) is 0 Å². The Bertz CT molecular complexity index is 578.